The van der Waals surface area contributed by atoms with E-state index in [1.54, 1.807) is 24.3 Å². The van der Waals surface area contributed by atoms with E-state index in [-0.39, 0.29) is 30.7 Å². The summed E-state index contributed by atoms with van der Waals surface area (Å²) in [5, 5.41) is 11.1. The monoisotopic (exact) mass is 656 g/mol. The van der Waals surface area contributed by atoms with Crippen LogP contribution in [-0.2, 0) is 29.3 Å². The van der Waals surface area contributed by atoms with Gasteiger partial charge in [-0.25, -0.2) is 9.18 Å². The lowest BCUT2D eigenvalue weighted by molar-refractivity contribution is -0.141. The van der Waals surface area contributed by atoms with Crippen molar-refractivity contribution in [3.05, 3.63) is 70.5 Å². The lowest BCUT2D eigenvalue weighted by Crippen LogP contribution is -2.55. The van der Waals surface area contributed by atoms with E-state index in [0.717, 1.165) is 18.4 Å². The average molecular weight is 657 g/mol. The van der Waals surface area contributed by atoms with E-state index >= 15 is 0 Å². The third-order valence-corrected chi connectivity index (χ3v) is 8.60. The molecular formula is C34H42ClFN4O6. The Labute approximate surface area is 273 Å². The Kier molecular flexibility index (Phi) is 11.4. The lowest BCUT2D eigenvalue weighted by atomic mass is 9.76. The van der Waals surface area contributed by atoms with E-state index in [0.29, 0.717) is 23.6 Å². The number of ketones is 1. The number of carbonyl (C=O) groups is 5. The highest BCUT2D eigenvalue weighted by atomic mass is 35.5. The van der Waals surface area contributed by atoms with Gasteiger partial charge in [-0.15, -0.1) is 0 Å². The van der Waals surface area contributed by atoms with Gasteiger partial charge in [-0.2, -0.15) is 0 Å². The Morgan fingerprint density at radius 1 is 1.02 bits per heavy atom. The van der Waals surface area contributed by atoms with Crippen LogP contribution in [0.15, 0.2) is 48.5 Å². The zero-order valence-electron chi connectivity index (χ0n) is 26.5. The predicted octanol–water partition coefficient (Wildman–Crippen LogP) is 4.50. The fourth-order valence-corrected chi connectivity index (χ4v) is 5.82. The summed E-state index contributed by atoms with van der Waals surface area (Å²) in [5.74, 6) is -3.74. The van der Waals surface area contributed by atoms with Gasteiger partial charge in [0.1, 0.15) is 18.0 Å². The van der Waals surface area contributed by atoms with Crippen molar-refractivity contribution >= 4 is 41.2 Å². The summed E-state index contributed by atoms with van der Waals surface area (Å²) in [6, 6.07) is 10.3. The molecule has 1 saturated carbocycles. The minimum absolute atomic E-state index is 0.0528. The topological polar surface area (TPSA) is 143 Å². The molecule has 0 aromatic heterocycles. The van der Waals surface area contributed by atoms with E-state index in [1.807, 2.05) is 33.8 Å². The summed E-state index contributed by atoms with van der Waals surface area (Å²) in [6.07, 6.45) is 0.209. The molecule has 0 spiro atoms. The lowest BCUT2D eigenvalue weighted by Gasteiger charge is -2.35. The van der Waals surface area contributed by atoms with Crippen LogP contribution in [0.1, 0.15) is 77.0 Å². The van der Waals surface area contributed by atoms with Crippen LogP contribution in [0.25, 0.3) is 0 Å². The molecule has 2 aromatic carbocycles. The quantitative estimate of drug-likeness (QED) is 0.221. The second-order valence-corrected chi connectivity index (χ2v) is 13.5. The van der Waals surface area contributed by atoms with Gasteiger partial charge in [-0.3, -0.25) is 19.2 Å². The van der Waals surface area contributed by atoms with Crippen molar-refractivity contribution in [2.75, 3.05) is 6.54 Å². The number of rotatable bonds is 14. The molecule has 1 aliphatic carbocycles. The summed E-state index contributed by atoms with van der Waals surface area (Å²) in [6.45, 7) is 7.83. The number of ether oxygens (including phenoxy) is 1. The van der Waals surface area contributed by atoms with Crippen molar-refractivity contribution in [2.24, 2.45) is 11.8 Å². The zero-order chi connectivity index (χ0) is 33.6. The molecule has 2 aromatic rings. The van der Waals surface area contributed by atoms with Gasteiger partial charge in [0.15, 0.2) is 0 Å². The van der Waals surface area contributed by atoms with E-state index in [4.69, 9.17) is 16.3 Å². The summed E-state index contributed by atoms with van der Waals surface area (Å²) < 4.78 is 20.3. The molecule has 4 unspecified atom stereocenters. The highest BCUT2D eigenvalue weighted by Gasteiger charge is 2.39. The SMILES string of the molecule is CC(C)CC(NC(=O)OC(c1cccc(F)c1)C(C)(C)c1cccc(Cl)c1)C(=O)NC(CC1CCNC1=O)C(=O)C(=O)NC1CC1. The third kappa shape index (κ3) is 9.28. The van der Waals surface area contributed by atoms with Gasteiger partial charge in [0.2, 0.25) is 17.6 Å². The molecule has 248 valence electrons. The van der Waals surface area contributed by atoms with Crippen molar-refractivity contribution < 1.29 is 33.1 Å². The van der Waals surface area contributed by atoms with Crippen LogP contribution in [-0.4, -0.2) is 54.3 Å². The minimum atomic E-state index is -1.27. The smallest absolute Gasteiger partial charge is 0.408 e. The highest BCUT2D eigenvalue weighted by molar-refractivity contribution is 6.38. The molecule has 12 heteroatoms. The van der Waals surface area contributed by atoms with Crippen molar-refractivity contribution in [3.63, 3.8) is 0 Å². The number of Topliss-reactive ketones (excluding diaryl/α,β-unsaturated/α-hetero) is 1. The molecule has 0 bridgehead atoms. The van der Waals surface area contributed by atoms with Crippen LogP contribution in [0.2, 0.25) is 5.02 Å². The average Bonchev–Trinajstić information content (AvgIpc) is 3.72. The normalized spacial score (nSPS) is 18.2. The van der Waals surface area contributed by atoms with Crippen LogP contribution < -0.4 is 21.3 Å². The summed E-state index contributed by atoms with van der Waals surface area (Å²) in [7, 11) is 0. The first-order chi connectivity index (χ1) is 21.7. The first-order valence-electron chi connectivity index (χ1n) is 15.7. The van der Waals surface area contributed by atoms with Gasteiger partial charge >= 0.3 is 6.09 Å². The molecule has 4 rings (SSSR count). The summed E-state index contributed by atoms with van der Waals surface area (Å²) >= 11 is 6.26. The maximum atomic E-state index is 14.4. The van der Waals surface area contributed by atoms with Crippen LogP contribution in [0.3, 0.4) is 0 Å². The van der Waals surface area contributed by atoms with Gasteiger partial charge < -0.3 is 26.0 Å². The fourth-order valence-electron chi connectivity index (χ4n) is 5.63. The number of carbonyl (C=O) groups excluding carboxylic acids is 5. The number of amides is 4. The van der Waals surface area contributed by atoms with Crippen LogP contribution >= 0.6 is 11.6 Å². The zero-order valence-corrected chi connectivity index (χ0v) is 27.3. The number of nitrogens with one attached hydrogen (secondary N) is 4. The van der Waals surface area contributed by atoms with Gasteiger partial charge in [0.05, 0.1) is 6.04 Å². The first kappa shape index (κ1) is 34.9. The molecule has 2 fully saturated rings. The van der Waals surface area contributed by atoms with Crippen molar-refractivity contribution in [1.82, 2.24) is 21.3 Å². The Hall–Kier alpha value is -3.99. The molecule has 1 saturated heterocycles. The van der Waals surface area contributed by atoms with Crippen LogP contribution in [0.4, 0.5) is 9.18 Å². The maximum Gasteiger partial charge on any atom is 0.408 e. The Morgan fingerprint density at radius 2 is 1.74 bits per heavy atom. The number of hydrogen-bond donors (Lipinski definition) is 4. The molecular weight excluding hydrogens is 615 g/mol. The van der Waals surface area contributed by atoms with Gasteiger partial charge in [0.25, 0.3) is 5.91 Å². The van der Waals surface area contributed by atoms with E-state index in [2.05, 4.69) is 21.3 Å². The fraction of sp³-hybridized carbons (Fsp3) is 0.500. The molecule has 0 radical (unpaired) electrons. The van der Waals surface area contributed by atoms with Crippen molar-refractivity contribution in [3.8, 4) is 0 Å². The molecule has 2 aliphatic rings. The minimum Gasteiger partial charge on any atom is -0.440 e. The molecule has 4 atom stereocenters. The second kappa shape index (κ2) is 15.1. The van der Waals surface area contributed by atoms with Crippen LogP contribution in [0.5, 0.6) is 0 Å². The largest absolute Gasteiger partial charge is 0.440 e. The molecule has 46 heavy (non-hydrogen) atoms. The molecule has 1 aliphatic heterocycles. The van der Waals surface area contributed by atoms with Crippen molar-refractivity contribution in [1.29, 1.82) is 0 Å². The Balaban J connectivity index is 1.55. The summed E-state index contributed by atoms with van der Waals surface area (Å²) in [5.41, 5.74) is 0.243. The van der Waals surface area contributed by atoms with Gasteiger partial charge in [-0.05, 0) is 73.4 Å². The van der Waals surface area contributed by atoms with E-state index in [9.17, 15) is 28.4 Å². The first-order valence-corrected chi connectivity index (χ1v) is 16.0. The van der Waals surface area contributed by atoms with E-state index in [1.165, 1.54) is 18.2 Å². The maximum absolute atomic E-state index is 14.4. The van der Waals surface area contributed by atoms with Gasteiger partial charge in [0, 0.05) is 28.9 Å². The van der Waals surface area contributed by atoms with E-state index < -0.39 is 59.0 Å². The van der Waals surface area contributed by atoms with Crippen LogP contribution in [0, 0.1) is 17.7 Å². The van der Waals surface area contributed by atoms with Gasteiger partial charge in [-0.1, -0.05) is 63.6 Å². The summed E-state index contributed by atoms with van der Waals surface area (Å²) in [4.78, 5) is 65.3. The molecule has 10 nitrogen and oxygen atoms in total. The highest BCUT2D eigenvalue weighted by Crippen LogP contribution is 2.40. The second-order valence-electron chi connectivity index (χ2n) is 13.1. The molecule has 4 N–H and O–H groups in total. The molecule has 1 heterocycles. The standard InChI is InChI=1S/C34H42ClFN4O6/c1-19(2)15-27(31(43)39-26(17-21-13-14-37-30(21)42)28(41)32(44)38-25-11-12-25)40-33(45)46-29(20-7-5-10-24(36)16-20)34(3,4)22-8-6-9-23(35)18-22/h5-10,16,18-19,21,25-27,29H,11-15,17H2,1-4H3,(H,37,42)(H,38,44)(H,39,43)(H,40,45). The van der Waals surface area contributed by atoms with Crippen molar-refractivity contribution in [2.45, 2.75) is 89.4 Å². The third-order valence-electron chi connectivity index (χ3n) is 8.37. The number of alkyl carbamates (subject to hydrolysis) is 1. The predicted molar refractivity (Wildman–Crippen MR) is 170 cm³/mol. The molecule has 4 amide bonds. The number of halogens is 2. The Bertz CT molecular complexity index is 1460. The Morgan fingerprint density at radius 3 is 2.35 bits per heavy atom. The number of hydrogen-bond acceptors (Lipinski definition) is 6. The number of benzene rings is 2.